The second-order valence-corrected chi connectivity index (χ2v) is 9.49. The molecule has 0 spiro atoms. The van der Waals surface area contributed by atoms with Crippen LogP contribution in [0.4, 0.5) is 0 Å². The van der Waals surface area contributed by atoms with E-state index in [4.69, 9.17) is 5.73 Å². The molecule has 1 aliphatic heterocycles. The molecular weight excluding hydrogens is 191 g/mol. The SMILES string of the molecule is [CH3][In]1[N]=CC[CH]1N. The maximum absolute atomic E-state index is 5.65. The zero-order valence-corrected chi connectivity index (χ0v) is 7.76. The van der Waals surface area contributed by atoms with E-state index < -0.39 is 21.7 Å². The summed E-state index contributed by atoms with van der Waals surface area (Å²) in [6.07, 6.45) is 3.04. The summed E-state index contributed by atoms with van der Waals surface area (Å²) >= 11 is -1.39. The van der Waals surface area contributed by atoms with Crippen molar-refractivity contribution in [2.45, 2.75) is 14.9 Å². The molecule has 1 aliphatic rings. The van der Waals surface area contributed by atoms with Crippen molar-refractivity contribution in [2.24, 2.45) is 8.71 Å². The third-order valence-electron chi connectivity index (χ3n) is 1.34. The zero-order valence-electron chi connectivity index (χ0n) is 4.46. The van der Waals surface area contributed by atoms with E-state index in [1.165, 1.54) is 0 Å². The van der Waals surface area contributed by atoms with Gasteiger partial charge in [0.15, 0.2) is 0 Å². The molecule has 7 heavy (non-hydrogen) atoms. The summed E-state index contributed by atoms with van der Waals surface area (Å²) in [5.41, 5.74) is 5.65. The van der Waals surface area contributed by atoms with Crippen molar-refractivity contribution < 1.29 is 0 Å². The molecule has 3 heteroatoms. The monoisotopic (exact) mass is 200 g/mol. The van der Waals surface area contributed by atoms with E-state index in [9.17, 15) is 0 Å². The molecule has 1 heterocycles. The number of hydrogen-bond donors (Lipinski definition) is 1. The average molecular weight is 200 g/mol. The summed E-state index contributed by atoms with van der Waals surface area (Å²) in [4.78, 5) is 0. The van der Waals surface area contributed by atoms with Gasteiger partial charge in [0.2, 0.25) is 0 Å². The molecular formula is C4H9InN2. The van der Waals surface area contributed by atoms with Crippen LogP contribution in [0.2, 0.25) is 4.68 Å². The topological polar surface area (TPSA) is 38.4 Å². The normalized spacial score (nSPS) is 29.4. The Morgan fingerprint density at radius 1 is 2.00 bits per heavy atom. The Balaban J connectivity index is 2.45. The summed E-state index contributed by atoms with van der Waals surface area (Å²) in [6, 6.07) is 0. The van der Waals surface area contributed by atoms with Crippen LogP contribution in [0.25, 0.3) is 0 Å². The quantitative estimate of drug-likeness (QED) is 0.584. The van der Waals surface area contributed by atoms with Crippen molar-refractivity contribution in [1.29, 1.82) is 0 Å². The van der Waals surface area contributed by atoms with Crippen LogP contribution in [0, 0.1) is 0 Å². The van der Waals surface area contributed by atoms with Gasteiger partial charge in [-0.2, -0.15) is 0 Å². The molecule has 0 bridgehead atoms. The van der Waals surface area contributed by atoms with Gasteiger partial charge in [0.05, 0.1) is 0 Å². The number of rotatable bonds is 0. The van der Waals surface area contributed by atoms with E-state index in [2.05, 4.69) is 7.66 Å². The van der Waals surface area contributed by atoms with Gasteiger partial charge >= 0.3 is 51.6 Å². The molecule has 1 unspecified atom stereocenters. The molecule has 1 atom stereocenters. The van der Waals surface area contributed by atoms with E-state index in [1.807, 2.05) is 6.21 Å². The predicted octanol–water partition coefficient (Wildman–Crippen LogP) is -0.0513. The van der Waals surface area contributed by atoms with Crippen LogP contribution in [-0.4, -0.2) is 31.7 Å². The first-order valence-electron chi connectivity index (χ1n) is 2.58. The van der Waals surface area contributed by atoms with Gasteiger partial charge in [-0.15, -0.1) is 0 Å². The summed E-state index contributed by atoms with van der Waals surface area (Å²) < 4.78 is 7.02. The Hall–Kier alpha value is 0.500. The van der Waals surface area contributed by atoms with Crippen molar-refractivity contribution in [3.63, 3.8) is 0 Å². The third kappa shape index (κ3) is 1.19. The van der Waals surface area contributed by atoms with Gasteiger partial charge in [-0.1, -0.05) is 0 Å². The number of nitrogens with zero attached hydrogens (tertiary/aromatic N) is 1. The first-order valence-corrected chi connectivity index (χ1v) is 9.25. The van der Waals surface area contributed by atoms with Crippen LogP contribution < -0.4 is 5.73 Å². The van der Waals surface area contributed by atoms with E-state index >= 15 is 0 Å². The zero-order chi connectivity index (χ0) is 5.28. The molecule has 2 N–H and O–H groups in total. The fourth-order valence-electron chi connectivity index (χ4n) is 0.656. The molecule has 0 saturated carbocycles. The maximum atomic E-state index is 5.65. The van der Waals surface area contributed by atoms with Crippen molar-refractivity contribution in [1.82, 2.24) is 0 Å². The molecule has 0 fully saturated rings. The first-order chi connectivity index (χ1) is 3.30. The van der Waals surface area contributed by atoms with Crippen LogP contribution in [0.15, 0.2) is 2.98 Å². The summed E-state index contributed by atoms with van der Waals surface area (Å²) in [6.45, 7) is 0. The van der Waals surface area contributed by atoms with Gasteiger partial charge in [0.25, 0.3) is 0 Å². The first kappa shape index (κ1) is 5.63. The van der Waals surface area contributed by atoms with Gasteiger partial charge in [-0.05, 0) is 0 Å². The van der Waals surface area contributed by atoms with Crippen LogP contribution in [0.3, 0.4) is 0 Å². The van der Waals surface area contributed by atoms with Gasteiger partial charge in [-0.3, -0.25) is 0 Å². The Kier molecular flexibility index (Phi) is 1.75. The van der Waals surface area contributed by atoms with Gasteiger partial charge in [0.1, 0.15) is 0 Å². The van der Waals surface area contributed by atoms with Crippen LogP contribution in [0.5, 0.6) is 0 Å². The summed E-state index contributed by atoms with van der Waals surface area (Å²) in [5.74, 6) is 0. The molecule has 0 aromatic rings. The molecule has 0 aromatic carbocycles. The van der Waals surface area contributed by atoms with Crippen molar-refractivity contribution in [3.05, 3.63) is 0 Å². The fourth-order valence-corrected chi connectivity index (χ4v) is 4.06. The fraction of sp³-hybridized carbons (Fsp3) is 0.750. The van der Waals surface area contributed by atoms with E-state index in [0.29, 0.717) is 3.80 Å². The Morgan fingerprint density at radius 2 is 2.71 bits per heavy atom. The molecule has 0 aliphatic carbocycles. The predicted molar refractivity (Wildman–Crippen MR) is 32.7 cm³/mol. The summed E-state index contributed by atoms with van der Waals surface area (Å²) in [5, 5.41) is 0. The van der Waals surface area contributed by atoms with Crippen molar-refractivity contribution >= 4 is 27.9 Å². The minimum atomic E-state index is -1.39. The van der Waals surface area contributed by atoms with Crippen molar-refractivity contribution in [3.8, 4) is 0 Å². The third-order valence-corrected chi connectivity index (χ3v) is 7.60. The van der Waals surface area contributed by atoms with Gasteiger partial charge < -0.3 is 0 Å². The molecule has 0 amide bonds. The van der Waals surface area contributed by atoms with Crippen LogP contribution in [0.1, 0.15) is 6.42 Å². The summed E-state index contributed by atoms with van der Waals surface area (Å²) in [7, 11) is 0. The average Bonchev–Trinajstić information content (AvgIpc) is 1.91. The van der Waals surface area contributed by atoms with E-state index in [1.54, 1.807) is 0 Å². The number of hydrogen-bond acceptors (Lipinski definition) is 2. The second kappa shape index (κ2) is 2.18. The van der Waals surface area contributed by atoms with E-state index in [-0.39, 0.29) is 0 Å². The molecule has 1 rings (SSSR count). The van der Waals surface area contributed by atoms with Crippen LogP contribution in [-0.2, 0) is 0 Å². The van der Waals surface area contributed by atoms with Crippen LogP contribution >= 0.6 is 0 Å². The molecule has 38 valence electrons. The van der Waals surface area contributed by atoms with Crippen molar-refractivity contribution in [2.75, 3.05) is 0 Å². The standard InChI is InChI=1S/C3H6N2.CH3.In/c4-2-1-3-5;;/h2-3H,1,4H2;1H3;/q-1;;+1. The molecule has 0 saturated heterocycles. The van der Waals surface area contributed by atoms with Gasteiger partial charge in [0, 0.05) is 0 Å². The Morgan fingerprint density at radius 3 is 2.86 bits per heavy atom. The molecule has 2 nitrogen and oxygen atoms in total. The number of nitrogens with two attached hydrogens (primary N) is 1. The second-order valence-electron chi connectivity index (χ2n) is 1.97. The molecule has 0 aromatic heterocycles. The van der Waals surface area contributed by atoms with E-state index in [0.717, 1.165) is 6.42 Å². The van der Waals surface area contributed by atoms with Gasteiger partial charge in [-0.25, -0.2) is 0 Å². The minimum absolute atomic E-state index is 0.502. The Bertz CT molecular complexity index is 91.7. The molecule has 0 radical (unpaired) electrons. The Labute approximate surface area is 51.7 Å².